The maximum absolute atomic E-state index is 13.2. The lowest BCUT2D eigenvalue weighted by atomic mass is 10.1. The van der Waals surface area contributed by atoms with Crippen molar-refractivity contribution in [1.82, 2.24) is 14.1 Å². The Kier molecular flexibility index (Phi) is 5.39. The molecule has 1 atom stereocenters. The molecule has 2 N–H and O–H groups in total. The molecule has 0 saturated carbocycles. The minimum Gasteiger partial charge on any atom is -0.368 e. The molecular weight excluding hydrogens is 347 g/mol. The van der Waals surface area contributed by atoms with E-state index in [9.17, 15) is 14.0 Å². The van der Waals surface area contributed by atoms with Gasteiger partial charge in [-0.25, -0.2) is 14.2 Å². The van der Waals surface area contributed by atoms with E-state index in [0.29, 0.717) is 24.1 Å². The minimum atomic E-state index is -0.725. The van der Waals surface area contributed by atoms with Gasteiger partial charge in [-0.2, -0.15) is 0 Å². The average molecular weight is 370 g/mol. The van der Waals surface area contributed by atoms with Crippen molar-refractivity contribution in [3.8, 4) is 11.1 Å². The number of pyridine rings is 1. The molecule has 27 heavy (non-hydrogen) atoms. The van der Waals surface area contributed by atoms with Gasteiger partial charge < -0.3 is 5.73 Å². The molecule has 0 fully saturated rings. The number of carbonyl (C=O) groups excluding carboxylic acids is 1. The fourth-order valence-electron chi connectivity index (χ4n) is 3.34. The Labute approximate surface area is 156 Å². The molecule has 0 aliphatic carbocycles. The highest BCUT2D eigenvalue weighted by atomic mass is 19.1. The second-order valence-corrected chi connectivity index (χ2v) is 6.53. The zero-order valence-electron chi connectivity index (χ0n) is 15.5. The normalized spacial score (nSPS) is 12.4. The van der Waals surface area contributed by atoms with E-state index >= 15 is 0 Å². The van der Waals surface area contributed by atoms with Gasteiger partial charge in [0.1, 0.15) is 11.9 Å². The molecule has 3 rings (SSSR count). The van der Waals surface area contributed by atoms with Gasteiger partial charge in [0, 0.05) is 18.3 Å². The van der Waals surface area contributed by atoms with E-state index in [-0.39, 0.29) is 11.5 Å². The summed E-state index contributed by atoms with van der Waals surface area (Å²) in [6, 6.07) is 7.21. The van der Waals surface area contributed by atoms with E-state index in [2.05, 4.69) is 4.98 Å². The van der Waals surface area contributed by atoms with Crippen LogP contribution in [0.25, 0.3) is 22.3 Å². The Bertz CT molecular complexity index is 1020. The molecule has 6 nitrogen and oxygen atoms in total. The molecule has 0 saturated heterocycles. The van der Waals surface area contributed by atoms with Gasteiger partial charge >= 0.3 is 5.69 Å². The number of aryl methyl sites for hydroxylation is 1. The molecule has 1 unspecified atom stereocenters. The Morgan fingerprint density at radius 2 is 1.93 bits per heavy atom. The van der Waals surface area contributed by atoms with Gasteiger partial charge in [-0.15, -0.1) is 0 Å². The molecule has 0 radical (unpaired) electrons. The van der Waals surface area contributed by atoms with Crippen LogP contribution in [0.4, 0.5) is 4.39 Å². The first-order chi connectivity index (χ1) is 13.0. The largest absolute Gasteiger partial charge is 0.368 e. The van der Waals surface area contributed by atoms with Crippen molar-refractivity contribution < 1.29 is 9.18 Å². The number of nitrogens with two attached hydrogens (primary N) is 1. The van der Waals surface area contributed by atoms with Crippen LogP contribution in [0.5, 0.6) is 0 Å². The summed E-state index contributed by atoms with van der Waals surface area (Å²) < 4.78 is 16.2. The average Bonchev–Trinajstić information content (AvgIpc) is 2.93. The van der Waals surface area contributed by atoms with Gasteiger partial charge in [-0.1, -0.05) is 31.9 Å². The number of carbonyl (C=O) groups is 1. The number of nitrogens with zero attached hydrogens (tertiary/aromatic N) is 3. The Hall–Kier alpha value is -2.96. The van der Waals surface area contributed by atoms with Gasteiger partial charge in [0.25, 0.3) is 0 Å². The minimum absolute atomic E-state index is 0.295. The molecule has 0 aliphatic heterocycles. The zero-order valence-corrected chi connectivity index (χ0v) is 15.5. The van der Waals surface area contributed by atoms with Crippen LogP contribution >= 0.6 is 0 Å². The number of unbranched alkanes of at least 4 members (excludes halogenated alkanes) is 1. The van der Waals surface area contributed by atoms with Crippen LogP contribution in [0.15, 0.2) is 41.3 Å². The molecule has 0 aliphatic rings. The van der Waals surface area contributed by atoms with Crippen molar-refractivity contribution in [2.45, 2.75) is 45.7 Å². The van der Waals surface area contributed by atoms with Gasteiger partial charge in [0.05, 0.1) is 5.52 Å². The second-order valence-electron chi connectivity index (χ2n) is 6.53. The van der Waals surface area contributed by atoms with E-state index in [1.54, 1.807) is 22.9 Å². The van der Waals surface area contributed by atoms with Crippen LogP contribution in [-0.2, 0) is 11.3 Å². The lowest BCUT2D eigenvalue weighted by Gasteiger charge is -2.14. The van der Waals surface area contributed by atoms with Crippen molar-refractivity contribution >= 4 is 17.1 Å². The van der Waals surface area contributed by atoms with E-state index < -0.39 is 11.9 Å². The summed E-state index contributed by atoms with van der Waals surface area (Å²) in [5.41, 5.74) is 7.92. The number of aromatic nitrogens is 3. The molecule has 2 heterocycles. The number of benzene rings is 1. The monoisotopic (exact) mass is 370 g/mol. The highest BCUT2D eigenvalue weighted by molar-refractivity contribution is 5.83. The number of rotatable bonds is 7. The second kappa shape index (κ2) is 7.73. The first-order valence-electron chi connectivity index (χ1n) is 9.14. The number of halogens is 1. The maximum Gasteiger partial charge on any atom is 0.331 e. The van der Waals surface area contributed by atoms with E-state index in [0.717, 1.165) is 24.0 Å². The molecule has 2 aromatic heterocycles. The van der Waals surface area contributed by atoms with E-state index in [1.165, 1.54) is 16.7 Å². The first kappa shape index (κ1) is 18.8. The predicted octanol–water partition coefficient (Wildman–Crippen LogP) is 3.24. The maximum atomic E-state index is 13.2. The number of imidazole rings is 1. The number of fused-ring (bicyclic) bond motifs is 1. The fourth-order valence-corrected chi connectivity index (χ4v) is 3.34. The smallest absolute Gasteiger partial charge is 0.331 e. The third kappa shape index (κ3) is 3.49. The Balaban J connectivity index is 2.19. The predicted molar refractivity (Wildman–Crippen MR) is 103 cm³/mol. The zero-order chi connectivity index (χ0) is 19.6. The summed E-state index contributed by atoms with van der Waals surface area (Å²) in [6.45, 7) is 4.32. The molecule has 1 aromatic carbocycles. The number of hydrogen-bond acceptors (Lipinski definition) is 3. The third-order valence-corrected chi connectivity index (χ3v) is 4.77. The highest BCUT2D eigenvalue weighted by Crippen LogP contribution is 2.25. The van der Waals surface area contributed by atoms with Crippen molar-refractivity contribution in [1.29, 1.82) is 0 Å². The molecule has 3 aromatic rings. The van der Waals surface area contributed by atoms with E-state index in [1.807, 2.05) is 19.9 Å². The molecule has 1 amide bonds. The van der Waals surface area contributed by atoms with Crippen molar-refractivity contribution in [3.05, 3.63) is 52.8 Å². The van der Waals surface area contributed by atoms with Crippen molar-refractivity contribution in [2.24, 2.45) is 5.73 Å². The molecule has 142 valence electrons. The van der Waals surface area contributed by atoms with Crippen LogP contribution in [0.3, 0.4) is 0 Å². The molecule has 0 bridgehead atoms. The fraction of sp³-hybridized carbons (Fsp3) is 0.350. The summed E-state index contributed by atoms with van der Waals surface area (Å²) in [4.78, 5) is 29.4. The summed E-state index contributed by atoms with van der Waals surface area (Å²) in [6.07, 6.45) is 3.80. The summed E-state index contributed by atoms with van der Waals surface area (Å²) in [7, 11) is 0. The van der Waals surface area contributed by atoms with Gasteiger partial charge in [-0.05, 0) is 37.1 Å². The first-order valence-corrected chi connectivity index (χ1v) is 9.14. The quantitative estimate of drug-likeness (QED) is 0.693. The SMILES string of the molecule is CCCCC(C(N)=O)n1c(=O)n(CC)c2cc(-c3ccc(F)cc3)cnc21. The number of amides is 1. The molecule has 7 heteroatoms. The number of primary amides is 1. The standard InChI is InChI=1S/C20H23FN4O2/c1-3-5-6-16(18(22)26)25-19-17(24(4-2)20(25)27)11-14(12-23-19)13-7-9-15(21)10-8-13/h7-12,16H,3-6H2,1-2H3,(H2,22,26). The summed E-state index contributed by atoms with van der Waals surface area (Å²) in [5.74, 6) is -0.852. The summed E-state index contributed by atoms with van der Waals surface area (Å²) >= 11 is 0. The van der Waals surface area contributed by atoms with Gasteiger partial charge in [0.15, 0.2) is 5.65 Å². The van der Waals surface area contributed by atoms with E-state index in [4.69, 9.17) is 5.73 Å². The summed E-state index contributed by atoms with van der Waals surface area (Å²) in [5, 5.41) is 0. The third-order valence-electron chi connectivity index (χ3n) is 4.77. The molecule has 0 spiro atoms. The van der Waals surface area contributed by atoms with Gasteiger partial charge in [-0.3, -0.25) is 13.9 Å². The Morgan fingerprint density at radius 3 is 2.52 bits per heavy atom. The van der Waals surface area contributed by atoms with Crippen LogP contribution in [0.2, 0.25) is 0 Å². The lowest BCUT2D eigenvalue weighted by molar-refractivity contribution is -0.121. The van der Waals surface area contributed by atoms with Crippen molar-refractivity contribution in [2.75, 3.05) is 0 Å². The Morgan fingerprint density at radius 1 is 1.22 bits per heavy atom. The lowest BCUT2D eigenvalue weighted by Crippen LogP contribution is -2.34. The van der Waals surface area contributed by atoms with Crippen LogP contribution in [-0.4, -0.2) is 20.0 Å². The number of hydrogen-bond donors (Lipinski definition) is 1. The highest BCUT2D eigenvalue weighted by Gasteiger charge is 2.25. The van der Waals surface area contributed by atoms with Gasteiger partial charge in [0.2, 0.25) is 5.91 Å². The molecular formula is C20H23FN4O2. The van der Waals surface area contributed by atoms with Crippen LogP contribution in [0, 0.1) is 5.82 Å². The van der Waals surface area contributed by atoms with Crippen LogP contribution < -0.4 is 11.4 Å². The topological polar surface area (TPSA) is 82.9 Å². The van der Waals surface area contributed by atoms with Crippen molar-refractivity contribution in [3.63, 3.8) is 0 Å². The van der Waals surface area contributed by atoms with Crippen LogP contribution in [0.1, 0.15) is 39.2 Å².